The van der Waals surface area contributed by atoms with Gasteiger partial charge in [-0.1, -0.05) is 11.8 Å². The summed E-state index contributed by atoms with van der Waals surface area (Å²) in [6, 6.07) is 0. The van der Waals surface area contributed by atoms with Gasteiger partial charge in [-0.15, -0.1) is 0 Å². The van der Waals surface area contributed by atoms with E-state index in [1.54, 1.807) is 11.9 Å². The first-order valence-corrected chi connectivity index (χ1v) is 8.36. The van der Waals surface area contributed by atoms with Gasteiger partial charge in [0.2, 0.25) is 11.8 Å². The van der Waals surface area contributed by atoms with Crippen molar-refractivity contribution in [3.8, 4) is 11.8 Å². The second-order valence-electron chi connectivity index (χ2n) is 5.78. The van der Waals surface area contributed by atoms with Crippen molar-refractivity contribution in [3.05, 3.63) is 0 Å². The first kappa shape index (κ1) is 23.4. The number of nitrogens with one attached hydrogen (secondary N) is 1. The number of amides is 2. The molecule has 0 radical (unpaired) electrons. The third kappa shape index (κ3) is 12.8. The van der Waals surface area contributed by atoms with Crippen molar-refractivity contribution in [1.29, 1.82) is 0 Å². The zero-order valence-corrected chi connectivity index (χ0v) is 15.3. The van der Waals surface area contributed by atoms with E-state index in [0.717, 1.165) is 19.6 Å². The zero-order valence-electron chi connectivity index (χ0n) is 15.3. The predicted molar refractivity (Wildman–Crippen MR) is 94.3 cm³/mol. The van der Waals surface area contributed by atoms with Crippen LogP contribution in [-0.2, 0) is 19.2 Å². The molecule has 0 atom stereocenters. The molecular weight excluding hydrogens is 342 g/mol. The van der Waals surface area contributed by atoms with E-state index >= 15 is 0 Å². The third-order valence-corrected chi connectivity index (χ3v) is 3.49. The van der Waals surface area contributed by atoms with Crippen LogP contribution in [0.15, 0.2) is 0 Å². The summed E-state index contributed by atoms with van der Waals surface area (Å²) >= 11 is 0. The second-order valence-corrected chi connectivity index (χ2v) is 5.78. The molecule has 2 amide bonds. The van der Waals surface area contributed by atoms with Crippen LogP contribution in [-0.4, -0.2) is 83.5 Å². The summed E-state index contributed by atoms with van der Waals surface area (Å²) in [4.78, 5) is 44.6. The standard InChI is InChI=1S/C15H25N3O2.C2H2O4/c1-14(19)16-9-7-8-15(20)17(2)10-3-4-11-18-12-5-6-13-18;3-1(4)2(5)6/h5-13H2,1-2H3,(H,16,19);(H,3,4)(H,5,6). The van der Waals surface area contributed by atoms with Crippen LogP contribution >= 0.6 is 0 Å². The molecule has 0 aromatic heterocycles. The molecule has 0 unspecified atom stereocenters. The van der Waals surface area contributed by atoms with E-state index in [1.165, 1.54) is 19.8 Å². The molecule has 1 rings (SSSR count). The number of hydrogen-bond donors (Lipinski definition) is 3. The fraction of sp³-hybridized carbons (Fsp3) is 0.647. The van der Waals surface area contributed by atoms with E-state index in [-0.39, 0.29) is 11.8 Å². The van der Waals surface area contributed by atoms with Gasteiger partial charge in [-0.25, -0.2) is 9.59 Å². The molecule has 0 saturated carbocycles. The lowest BCUT2D eigenvalue weighted by Gasteiger charge is -2.14. The number of carbonyl (C=O) groups excluding carboxylic acids is 2. The summed E-state index contributed by atoms with van der Waals surface area (Å²) in [6.45, 7) is 5.61. The Hall–Kier alpha value is -2.60. The SMILES string of the molecule is CC(=O)NCCCC(=O)N(C)CC#CCN1CCCC1.O=C(O)C(=O)O. The number of likely N-dealkylation sites (tertiary alicyclic amines) is 1. The molecule has 0 aromatic carbocycles. The van der Waals surface area contributed by atoms with Gasteiger partial charge in [0.15, 0.2) is 0 Å². The molecule has 1 saturated heterocycles. The molecule has 0 aromatic rings. The van der Waals surface area contributed by atoms with Crippen molar-refractivity contribution in [2.24, 2.45) is 0 Å². The molecule has 146 valence electrons. The van der Waals surface area contributed by atoms with E-state index in [1.807, 2.05) is 0 Å². The molecule has 1 aliphatic rings. The Kier molecular flexibility index (Phi) is 12.3. The van der Waals surface area contributed by atoms with Gasteiger partial charge in [0.05, 0.1) is 13.1 Å². The summed E-state index contributed by atoms with van der Waals surface area (Å²) in [5.74, 6) is 2.54. The number of nitrogens with zero attached hydrogens (tertiary/aromatic N) is 2. The van der Waals surface area contributed by atoms with E-state index in [4.69, 9.17) is 19.8 Å². The van der Waals surface area contributed by atoms with Gasteiger partial charge in [-0.2, -0.15) is 0 Å². The van der Waals surface area contributed by atoms with Crippen LogP contribution in [0.2, 0.25) is 0 Å². The van der Waals surface area contributed by atoms with Gasteiger partial charge in [-0.3, -0.25) is 14.5 Å². The fourth-order valence-corrected chi connectivity index (χ4v) is 2.07. The molecule has 0 spiro atoms. The Morgan fingerprint density at radius 3 is 2.15 bits per heavy atom. The second kappa shape index (κ2) is 13.7. The Morgan fingerprint density at radius 1 is 1.08 bits per heavy atom. The predicted octanol–water partition coefficient (Wildman–Crippen LogP) is -0.384. The highest BCUT2D eigenvalue weighted by Gasteiger charge is 2.09. The molecule has 1 aliphatic heterocycles. The first-order valence-electron chi connectivity index (χ1n) is 8.36. The molecule has 1 fully saturated rings. The Bertz CT molecular complexity index is 534. The van der Waals surface area contributed by atoms with Gasteiger partial charge in [-0.05, 0) is 32.4 Å². The minimum absolute atomic E-state index is 0.0569. The van der Waals surface area contributed by atoms with Crippen molar-refractivity contribution in [1.82, 2.24) is 15.1 Å². The molecule has 9 nitrogen and oxygen atoms in total. The molecule has 1 heterocycles. The lowest BCUT2D eigenvalue weighted by molar-refractivity contribution is -0.159. The van der Waals surface area contributed by atoms with E-state index in [2.05, 4.69) is 22.1 Å². The summed E-state index contributed by atoms with van der Waals surface area (Å²) in [5.41, 5.74) is 0. The maximum atomic E-state index is 11.8. The van der Waals surface area contributed by atoms with Gasteiger partial charge >= 0.3 is 11.9 Å². The van der Waals surface area contributed by atoms with Crippen LogP contribution in [0.5, 0.6) is 0 Å². The van der Waals surface area contributed by atoms with E-state index in [0.29, 0.717) is 25.9 Å². The monoisotopic (exact) mass is 369 g/mol. The van der Waals surface area contributed by atoms with Crippen LogP contribution < -0.4 is 5.32 Å². The van der Waals surface area contributed by atoms with Crippen LogP contribution in [0.1, 0.15) is 32.6 Å². The number of carboxylic acid groups (broad SMARTS) is 2. The average Bonchev–Trinajstić information content (AvgIpc) is 3.08. The minimum atomic E-state index is -1.82. The Morgan fingerprint density at radius 2 is 1.65 bits per heavy atom. The summed E-state index contributed by atoms with van der Waals surface area (Å²) < 4.78 is 0. The smallest absolute Gasteiger partial charge is 0.414 e. The zero-order chi connectivity index (χ0) is 19.9. The summed E-state index contributed by atoms with van der Waals surface area (Å²) in [5, 5.41) is 17.5. The highest BCUT2D eigenvalue weighted by molar-refractivity contribution is 6.27. The van der Waals surface area contributed by atoms with Crippen molar-refractivity contribution < 1.29 is 29.4 Å². The van der Waals surface area contributed by atoms with Crippen LogP contribution in [0.3, 0.4) is 0 Å². The summed E-state index contributed by atoms with van der Waals surface area (Å²) in [6.07, 6.45) is 3.66. The third-order valence-electron chi connectivity index (χ3n) is 3.49. The van der Waals surface area contributed by atoms with Gasteiger partial charge in [0.1, 0.15) is 0 Å². The normalized spacial score (nSPS) is 12.8. The molecule has 3 N–H and O–H groups in total. The maximum Gasteiger partial charge on any atom is 0.414 e. The molecule has 0 aliphatic carbocycles. The topological polar surface area (TPSA) is 127 Å². The Labute approximate surface area is 153 Å². The van der Waals surface area contributed by atoms with Gasteiger partial charge in [0, 0.05) is 26.9 Å². The number of rotatable bonds is 6. The number of aliphatic carboxylic acids is 2. The summed E-state index contributed by atoms with van der Waals surface area (Å²) in [7, 11) is 1.77. The van der Waals surface area contributed by atoms with Gasteiger partial charge < -0.3 is 20.4 Å². The van der Waals surface area contributed by atoms with E-state index < -0.39 is 11.9 Å². The first-order chi connectivity index (χ1) is 12.2. The van der Waals surface area contributed by atoms with Crippen LogP contribution in [0.4, 0.5) is 0 Å². The van der Waals surface area contributed by atoms with E-state index in [9.17, 15) is 9.59 Å². The Balaban J connectivity index is 0.000000896. The maximum absolute atomic E-state index is 11.8. The highest BCUT2D eigenvalue weighted by Crippen LogP contribution is 2.05. The van der Waals surface area contributed by atoms with Crippen molar-refractivity contribution in [3.63, 3.8) is 0 Å². The number of carboxylic acids is 2. The number of hydrogen-bond acceptors (Lipinski definition) is 5. The molecule has 9 heteroatoms. The average molecular weight is 369 g/mol. The highest BCUT2D eigenvalue weighted by atomic mass is 16.4. The van der Waals surface area contributed by atoms with Crippen LogP contribution in [0.25, 0.3) is 0 Å². The van der Waals surface area contributed by atoms with Crippen molar-refractivity contribution in [2.45, 2.75) is 32.6 Å². The largest absolute Gasteiger partial charge is 0.473 e. The van der Waals surface area contributed by atoms with Gasteiger partial charge in [0.25, 0.3) is 0 Å². The van der Waals surface area contributed by atoms with Crippen molar-refractivity contribution in [2.75, 3.05) is 39.8 Å². The van der Waals surface area contributed by atoms with Crippen molar-refractivity contribution >= 4 is 23.8 Å². The minimum Gasteiger partial charge on any atom is -0.473 e. The lowest BCUT2D eigenvalue weighted by Crippen LogP contribution is -2.28. The molecule has 26 heavy (non-hydrogen) atoms. The fourth-order valence-electron chi connectivity index (χ4n) is 2.07. The number of carbonyl (C=O) groups is 4. The van der Waals surface area contributed by atoms with Crippen LogP contribution in [0, 0.1) is 11.8 Å². The quantitative estimate of drug-likeness (QED) is 0.331. The lowest BCUT2D eigenvalue weighted by atomic mass is 10.3. The molecular formula is C17H27N3O6. The molecule has 0 bridgehead atoms.